The minimum Gasteiger partial charge on any atom is -0.494 e. The molecule has 1 unspecified atom stereocenters. The number of nitrogens with zero attached hydrogens (tertiary/aromatic N) is 5. The number of halogens is 2. The predicted molar refractivity (Wildman–Crippen MR) is 111 cm³/mol. The van der Waals surface area contributed by atoms with Gasteiger partial charge in [-0.15, -0.1) is 5.10 Å². The molecule has 3 aromatic heterocycles. The summed E-state index contributed by atoms with van der Waals surface area (Å²) in [6, 6.07) is 7.70. The molecule has 0 spiro atoms. The first-order chi connectivity index (χ1) is 15.0. The van der Waals surface area contributed by atoms with E-state index in [1.54, 1.807) is 23.8 Å². The Morgan fingerprint density at radius 3 is 2.61 bits per heavy atom. The highest BCUT2D eigenvalue weighted by atomic mass is 19.3. The summed E-state index contributed by atoms with van der Waals surface area (Å²) in [5, 5.41) is 5.40. The molecule has 0 bridgehead atoms. The van der Waals surface area contributed by atoms with Crippen molar-refractivity contribution in [3.05, 3.63) is 53.6 Å². The molecule has 1 saturated carbocycles. The second-order valence-corrected chi connectivity index (χ2v) is 7.77. The number of para-hydroxylation sites is 1. The summed E-state index contributed by atoms with van der Waals surface area (Å²) in [4.78, 5) is 13.5. The van der Waals surface area contributed by atoms with E-state index in [0.717, 1.165) is 23.9 Å². The Balaban J connectivity index is 1.38. The maximum atomic E-state index is 12.8. The minimum absolute atomic E-state index is 0.162. The summed E-state index contributed by atoms with van der Waals surface area (Å²) in [6.45, 7) is 0. The Kier molecular flexibility index (Phi) is 4.66. The summed E-state index contributed by atoms with van der Waals surface area (Å²) in [7, 11) is 1.59. The fraction of sp³-hybridized carbons (Fsp3) is 0.333. The molecule has 10 heteroatoms. The SMILES string of the molecule is COc1cccc2c1nc(N)n1nc(C3CC(c4ccc(C(N)C(F)F)cn4)C3)nc21. The Morgan fingerprint density at radius 2 is 1.94 bits per heavy atom. The molecule has 0 radical (unpaired) electrons. The van der Waals surface area contributed by atoms with Gasteiger partial charge in [-0.2, -0.15) is 4.52 Å². The molecule has 1 aliphatic carbocycles. The molecule has 4 N–H and O–H groups in total. The van der Waals surface area contributed by atoms with E-state index >= 15 is 0 Å². The van der Waals surface area contributed by atoms with Crippen molar-refractivity contribution in [2.75, 3.05) is 12.8 Å². The summed E-state index contributed by atoms with van der Waals surface area (Å²) in [5.74, 6) is 1.96. The van der Waals surface area contributed by atoms with Gasteiger partial charge in [0.25, 0.3) is 6.43 Å². The van der Waals surface area contributed by atoms with Gasteiger partial charge in [0.1, 0.15) is 11.3 Å². The number of anilines is 1. The van der Waals surface area contributed by atoms with Crippen LogP contribution in [-0.4, -0.2) is 38.1 Å². The van der Waals surface area contributed by atoms with Gasteiger partial charge < -0.3 is 16.2 Å². The number of ether oxygens (including phenoxy) is 1. The van der Waals surface area contributed by atoms with Gasteiger partial charge in [-0.05, 0) is 36.6 Å². The fourth-order valence-corrected chi connectivity index (χ4v) is 4.05. The van der Waals surface area contributed by atoms with Crippen LogP contribution in [0.2, 0.25) is 0 Å². The van der Waals surface area contributed by atoms with Gasteiger partial charge in [0, 0.05) is 29.1 Å². The number of benzene rings is 1. The third-order valence-electron chi connectivity index (χ3n) is 5.91. The summed E-state index contributed by atoms with van der Waals surface area (Å²) < 4.78 is 32.5. The van der Waals surface area contributed by atoms with E-state index in [9.17, 15) is 8.78 Å². The van der Waals surface area contributed by atoms with Crippen LogP contribution in [0.15, 0.2) is 36.5 Å². The number of pyridine rings is 1. The van der Waals surface area contributed by atoms with Gasteiger partial charge in [0.15, 0.2) is 11.5 Å². The van der Waals surface area contributed by atoms with Crippen LogP contribution >= 0.6 is 0 Å². The highest BCUT2D eigenvalue weighted by Crippen LogP contribution is 2.46. The Morgan fingerprint density at radius 1 is 1.13 bits per heavy atom. The molecule has 1 aliphatic rings. The molecule has 4 aromatic rings. The van der Waals surface area contributed by atoms with Crippen molar-refractivity contribution in [2.24, 2.45) is 5.73 Å². The van der Waals surface area contributed by atoms with Crippen molar-refractivity contribution in [1.82, 2.24) is 24.6 Å². The zero-order valence-electron chi connectivity index (χ0n) is 16.7. The molecule has 31 heavy (non-hydrogen) atoms. The minimum atomic E-state index is -2.61. The molecule has 1 atom stereocenters. The van der Waals surface area contributed by atoms with Gasteiger partial charge >= 0.3 is 0 Å². The number of nitrogens with two attached hydrogens (primary N) is 2. The van der Waals surface area contributed by atoms with Gasteiger partial charge in [0.05, 0.1) is 13.2 Å². The lowest BCUT2D eigenvalue weighted by atomic mass is 9.72. The van der Waals surface area contributed by atoms with Crippen molar-refractivity contribution in [3.8, 4) is 5.75 Å². The first-order valence-corrected chi connectivity index (χ1v) is 9.94. The molecular weight excluding hydrogens is 404 g/mol. The molecule has 0 aliphatic heterocycles. The smallest absolute Gasteiger partial charge is 0.257 e. The van der Waals surface area contributed by atoms with E-state index in [1.807, 2.05) is 18.2 Å². The van der Waals surface area contributed by atoms with Crippen molar-refractivity contribution in [2.45, 2.75) is 37.1 Å². The quantitative estimate of drug-likeness (QED) is 0.504. The van der Waals surface area contributed by atoms with E-state index in [1.165, 1.54) is 6.20 Å². The summed E-state index contributed by atoms with van der Waals surface area (Å²) in [6.07, 6.45) is 0.464. The van der Waals surface area contributed by atoms with Crippen molar-refractivity contribution >= 4 is 22.5 Å². The predicted octanol–water partition coefficient (Wildman–Crippen LogP) is 3.19. The van der Waals surface area contributed by atoms with E-state index in [2.05, 4.69) is 15.1 Å². The summed E-state index contributed by atoms with van der Waals surface area (Å²) in [5.41, 5.74) is 14.1. The lowest BCUT2D eigenvalue weighted by Crippen LogP contribution is -2.23. The van der Waals surface area contributed by atoms with Crippen LogP contribution in [0, 0.1) is 0 Å². The standard InChI is InChI=1S/C21H21F2N7O/c1-31-15-4-2-3-13-17(15)27-21(25)30-20(13)28-19(29-30)12-7-11(8-12)14-6-5-10(9-26-14)16(24)18(22)23/h2-6,9,11-12,16,18H,7-8,24H2,1H3,(H2,25,27). The van der Waals surface area contributed by atoms with Crippen LogP contribution in [-0.2, 0) is 0 Å². The third kappa shape index (κ3) is 3.23. The third-order valence-corrected chi connectivity index (χ3v) is 5.91. The number of nitrogen functional groups attached to an aromatic ring is 1. The summed E-state index contributed by atoms with van der Waals surface area (Å²) >= 11 is 0. The van der Waals surface area contributed by atoms with E-state index in [-0.39, 0.29) is 17.8 Å². The zero-order chi connectivity index (χ0) is 21.7. The number of rotatable bonds is 5. The van der Waals surface area contributed by atoms with Crippen LogP contribution in [0.1, 0.15) is 47.8 Å². The number of aromatic nitrogens is 5. The molecular formula is C21H21F2N7O. The maximum absolute atomic E-state index is 12.8. The average molecular weight is 425 g/mol. The Hall–Kier alpha value is -3.40. The molecule has 5 rings (SSSR count). The topological polar surface area (TPSA) is 117 Å². The highest BCUT2D eigenvalue weighted by molar-refractivity contribution is 5.95. The number of methoxy groups -OCH3 is 1. The lowest BCUT2D eigenvalue weighted by Gasteiger charge is -2.33. The fourth-order valence-electron chi connectivity index (χ4n) is 4.05. The van der Waals surface area contributed by atoms with E-state index in [0.29, 0.717) is 28.3 Å². The average Bonchev–Trinajstić information content (AvgIpc) is 3.18. The van der Waals surface area contributed by atoms with Crippen LogP contribution in [0.3, 0.4) is 0 Å². The van der Waals surface area contributed by atoms with Crippen molar-refractivity contribution in [1.29, 1.82) is 0 Å². The van der Waals surface area contributed by atoms with Crippen molar-refractivity contribution < 1.29 is 13.5 Å². The van der Waals surface area contributed by atoms with Gasteiger partial charge in [0.2, 0.25) is 5.95 Å². The first kappa shape index (κ1) is 19.6. The maximum Gasteiger partial charge on any atom is 0.257 e. The number of fused-ring (bicyclic) bond motifs is 3. The Bertz CT molecular complexity index is 1250. The molecule has 1 aromatic carbocycles. The van der Waals surface area contributed by atoms with Crippen LogP contribution in [0.25, 0.3) is 16.6 Å². The monoisotopic (exact) mass is 425 g/mol. The molecule has 160 valence electrons. The second kappa shape index (κ2) is 7.38. The number of hydrogen-bond donors (Lipinski definition) is 2. The molecule has 0 saturated heterocycles. The highest BCUT2D eigenvalue weighted by Gasteiger charge is 2.35. The lowest BCUT2D eigenvalue weighted by molar-refractivity contribution is 0.116. The second-order valence-electron chi connectivity index (χ2n) is 7.77. The van der Waals surface area contributed by atoms with Crippen LogP contribution in [0.5, 0.6) is 5.75 Å². The molecule has 1 fully saturated rings. The van der Waals surface area contributed by atoms with Crippen LogP contribution in [0.4, 0.5) is 14.7 Å². The van der Waals surface area contributed by atoms with Crippen LogP contribution < -0.4 is 16.2 Å². The molecule has 3 heterocycles. The van der Waals surface area contributed by atoms with Gasteiger partial charge in [-0.1, -0.05) is 12.1 Å². The largest absolute Gasteiger partial charge is 0.494 e. The first-order valence-electron chi connectivity index (χ1n) is 9.94. The normalized spacial score (nSPS) is 19.6. The van der Waals surface area contributed by atoms with Gasteiger partial charge in [-0.25, -0.2) is 18.7 Å². The molecule has 8 nitrogen and oxygen atoms in total. The number of hydrogen-bond acceptors (Lipinski definition) is 7. The zero-order valence-corrected chi connectivity index (χ0v) is 16.7. The van der Waals surface area contributed by atoms with Gasteiger partial charge in [-0.3, -0.25) is 4.98 Å². The van der Waals surface area contributed by atoms with E-state index < -0.39 is 12.5 Å². The van der Waals surface area contributed by atoms with Crippen molar-refractivity contribution in [3.63, 3.8) is 0 Å². The molecule has 0 amide bonds. The Labute approximate surface area is 176 Å². The van der Waals surface area contributed by atoms with E-state index in [4.69, 9.17) is 21.2 Å². The number of alkyl halides is 2.